The van der Waals surface area contributed by atoms with Gasteiger partial charge in [0.05, 0.1) is 6.04 Å². The molecule has 2 rings (SSSR count). The zero-order valence-corrected chi connectivity index (χ0v) is 17.6. The van der Waals surface area contributed by atoms with Gasteiger partial charge in [-0.2, -0.15) is 0 Å². The number of nitrogens with one attached hydrogen (secondary N) is 3. The van der Waals surface area contributed by atoms with Crippen molar-refractivity contribution in [3.05, 3.63) is 65.7 Å². The molecule has 5 N–H and O–H groups in total. The molecule has 2 aromatic carbocycles. The fourth-order valence-corrected chi connectivity index (χ4v) is 2.89. The first-order chi connectivity index (χ1) is 14.3. The maximum Gasteiger partial charge on any atom is 0.323 e. The maximum absolute atomic E-state index is 12.2. The number of rotatable bonds is 9. The third kappa shape index (κ3) is 7.33. The number of nitrogens with two attached hydrogens (primary N) is 1. The van der Waals surface area contributed by atoms with Gasteiger partial charge >= 0.3 is 6.03 Å². The molecular weight excluding hydrogens is 380 g/mol. The lowest BCUT2D eigenvalue weighted by molar-refractivity contribution is -0.123. The predicted molar refractivity (Wildman–Crippen MR) is 119 cm³/mol. The number of carbonyl (C=O) groups excluding carboxylic acids is 3. The second kappa shape index (κ2) is 11.1. The van der Waals surface area contributed by atoms with Crippen molar-refractivity contribution in [2.45, 2.75) is 39.7 Å². The normalized spacial score (nSPS) is 11.8. The van der Waals surface area contributed by atoms with Crippen molar-refractivity contribution in [2.24, 2.45) is 11.7 Å². The fourth-order valence-electron chi connectivity index (χ4n) is 2.89. The Morgan fingerprint density at radius 1 is 1.03 bits per heavy atom. The molecule has 0 aliphatic heterocycles. The van der Waals surface area contributed by atoms with E-state index in [1.165, 1.54) is 0 Å². The SMILES string of the molecule is Cc1ccccc1NC(=O)Nc1ccc(C[C@H](N)C(=O)N[C](C=O)CC(C)C)cc1. The van der Waals surface area contributed by atoms with Crippen molar-refractivity contribution in [1.82, 2.24) is 5.32 Å². The summed E-state index contributed by atoms with van der Waals surface area (Å²) in [6, 6.07) is 13.8. The number of amides is 3. The van der Waals surface area contributed by atoms with E-state index in [2.05, 4.69) is 16.0 Å². The Hall–Kier alpha value is -3.19. The Balaban J connectivity index is 1.87. The Morgan fingerprint density at radius 2 is 1.70 bits per heavy atom. The van der Waals surface area contributed by atoms with Crippen LogP contribution in [0.3, 0.4) is 0 Å². The molecular formula is C23H29N4O3. The third-order valence-corrected chi connectivity index (χ3v) is 4.45. The summed E-state index contributed by atoms with van der Waals surface area (Å²) >= 11 is 0. The number of aryl methyl sites for hydroxylation is 1. The van der Waals surface area contributed by atoms with Gasteiger partial charge in [-0.3, -0.25) is 4.79 Å². The van der Waals surface area contributed by atoms with Crippen LogP contribution in [0.5, 0.6) is 0 Å². The minimum Gasteiger partial charge on any atom is -0.340 e. The highest BCUT2D eigenvalue weighted by molar-refractivity contribution is 6.00. The van der Waals surface area contributed by atoms with E-state index in [1.807, 2.05) is 45.0 Å². The van der Waals surface area contributed by atoms with E-state index < -0.39 is 11.9 Å². The monoisotopic (exact) mass is 409 g/mol. The van der Waals surface area contributed by atoms with Crippen LogP contribution in [-0.2, 0) is 16.0 Å². The van der Waals surface area contributed by atoms with Gasteiger partial charge in [0.2, 0.25) is 5.91 Å². The van der Waals surface area contributed by atoms with Gasteiger partial charge in [0.25, 0.3) is 0 Å². The van der Waals surface area contributed by atoms with Crippen LogP contribution in [0.25, 0.3) is 0 Å². The molecule has 7 nitrogen and oxygen atoms in total. The van der Waals surface area contributed by atoms with Gasteiger partial charge in [0.15, 0.2) is 0 Å². The van der Waals surface area contributed by atoms with E-state index in [1.54, 1.807) is 24.3 Å². The lowest BCUT2D eigenvalue weighted by Crippen LogP contribution is -2.44. The standard InChI is InChI=1S/C23H29N4O3/c1-15(2)12-19(14-28)25-22(29)20(24)13-17-8-10-18(11-9-17)26-23(30)27-21-7-5-4-6-16(21)3/h4-11,14-15,20H,12-13,24H2,1-3H3,(H,25,29)(H2,26,27,30)/t20-/m0/s1. The zero-order chi connectivity index (χ0) is 22.1. The quantitative estimate of drug-likeness (QED) is 0.475. The molecule has 0 spiro atoms. The van der Waals surface area contributed by atoms with Crippen molar-refractivity contribution >= 4 is 29.6 Å². The first-order valence-corrected chi connectivity index (χ1v) is 9.88. The van der Waals surface area contributed by atoms with E-state index in [4.69, 9.17) is 5.73 Å². The van der Waals surface area contributed by atoms with Crippen LogP contribution in [-0.4, -0.2) is 24.3 Å². The van der Waals surface area contributed by atoms with Crippen LogP contribution in [0.2, 0.25) is 0 Å². The van der Waals surface area contributed by atoms with Crippen LogP contribution in [0, 0.1) is 18.9 Å². The summed E-state index contributed by atoms with van der Waals surface area (Å²) in [6.07, 6.45) is 1.47. The number of anilines is 2. The molecule has 2 aromatic rings. The molecule has 1 atom stereocenters. The number of urea groups is 1. The first-order valence-electron chi connectivity index (χ1n) is 9.88. The van der Waals surface area contributed by atoms with Crippen LogP contribution in [0.4, 0.5) is 16.2 Å². The topological polar surface area (TPSA) is 113 Å². The second-order valence-electron chi connectivity index (χ2n) is 7.63. The van der Waals surface area contributed by atoms with Crippen molar-refractivity contribution < 1.29 is 14.4 Å². The van der Waals surface area contributed by atoms with Crippen molar-refractivity contribution in [1.29, 1.82) is 0 Å². The Bertz CT molecular complexity index is 865. The van der Waals surface area contributed by atoms with Gasteiger partial charge in [-0.05, 0) is 55.0 Å². The Labute approximate surface area is 177 Å². The van der Waals surface area contributed by atoms with Gasteiger partial charge < -0.3 is 26.5 Å². The van der Waals surface area contributed by atoms with E-state index >= 15 is 0 Å². The van der Waals surface area contributed by atoms with Crippen molar-refractivity contribution in [2.75, 3.05) is 10.6 Å². The Morgan fingerprint density at radius 3 is 2.30 bits per heavy atom. The molecule has 1 radical (unpaired) electrons. The van der Waals surface area contributed by atoms with Crippen LogP contribution in [0.1, 0.15) is 31.4 Å². The number of hydrogen-bond donors (Lipinski definition) is 4. The lowest BCUT2D eigenvalue weighted by Gasteiger charge is -2.17. The summed E-state index contributed by atoms with van der Waals surface area (Å²) in [5.74, 6) is -0.137. The van der Waals surface area contributed by atoms with Gasteiger partial charge in [-0.25, -0.2) is 4.79 Å². The maximum atomic E-state index is 12.2. The number of aldehydes is 1. The summed E-state index contributed by atoms with van der Waals surface area (Å²) in [5.41, 5.74) is 9.16. The highest BCUT2D eigenvalue weighted by atomic mass is 16.2. The van der Waals surface area contributed by atoms with E-state index in [9.17, 15) is 14.4 Å². The minimum atomic E-state index is -0.782. The van der Waals surface area contributed by atoms with E-state index in [0.717, 1.165) is 16.8 Å². The Kier molecular flexibility index (Phi) is 8.55. The van der Waals surface area contributed by atoms with Crippen molar-refractivity contribution in [3.8, 4) is 0 Å². The largest absolute Gasteiger partial charge is 0.340 e. The van der Waals surface area contributed by atoms with Crippen molar-refractivity contribution in [3.63, 3.8) is 0 Å². The molecule has 0 fully saturated rings. The summed E-state index contributed by atoms with van der Waals surface area (Å²) in [7, 11) is 0. The lowest BCUT2D eigenvalue weighted by atomic mass is 10.0. The van der Waals surface area contributed by atoms with E-state index in [0.29, 0.717) is 30.9 Å². The van der Waals surface area contributed by atoms with Gasteiger partial charge in [0, 0.05) is 11.4 Å². The summed E-state index contributed by atoms with van der Waals surface area (Å²) in [4.78, 5) is 35.5. The van der Waals surface area contributed by atoms with Crippen LogP contribution in [0.15, 0.2) is 48.5 Å². The molecule has 0 aliphatic carbocycles. The molecule has 0 heterocycles. The first kappa shape index (κ1) is 23.1. The summed E-state index contributed by atoms with van der Waals surface area (Å²) in [5, 5.41) is 8.18. The molecule has 0 aliphatic rings. The summed E-state index contributed by atoms with van der Waals surface area (Å²) in [6.45, 7) is 5.85. The average molecular weight is 410 g/mol. The molecule has 3 amide bonds. The molecule has 0 saturated carbocycles. The second-order valence-corrected chi connectivity index (χ2v) is 7.63. The molecule has 0 aromatic heterocycles. The highest BCUT2D eigenvalue weighted by Gasteiger charge is 2.19. The van der Waals surface area contributed by atoms with Crippen LogP contribution < -0.4 is 21.7 Å². The van der Waals surface area contributed by atoms with Gasteiger partial charge in [-0.1, -0.05) is 44.2 Å². The number of benzene rings is 2. The predicted octanol–water partition coefficient (Wildman–Crippen LogP) is 3.40. The zero-order valence-electron chi connectivity index (χ0n) is 17.6. The molecule has 159 valence electrons. The smallest absolute Gasteiger partial charge is 0.323 e. The summed E-state index contributed by atoms with van der Waals surface area (Å²) < 4.78 is 0. The van der Waals surface area contributed by atoms with Gasteiger partial charge in [-0.15, -0.1) is 0 Å². The third-order valence-electron chi connectivity index (χ3n) is 4.45. The highest BCUT2D eigenvalue weighted by Crippen LogP contribution is 2.15. The molecule has 0 unspecified atom stereocenters. The molecule has 7 heteroatoms. The molecule has 0 saturated heterocycles. The number of para-hydroxylation sites is 1. The molecule has 0 bridgehead atoms. The van der Waals surface area contributed by atoms with E-state index in [-0.39, 0.29) is 11.9 Å². The van der Waals surface area contributed by atoms with Gasteiger partial charge in [0.1, 0.15) is 12.3 Å². The average Bonchev–Trinajstić information content (AvgIpc) is 2.70. The number of carbonyl (C=O) groups is 3. The number of hydrogen-bond acceptors (Lipinski definition) is 4. The molecule has 30 heavy (non-hydrogen) atoms. The van der Waals surface area contributed by atoms with Crippen LogP contribution >= 0.6 is 0 Å². The minimum absolute atomic E-state index is 0.254. The fraction of sp³-hybridized carbons (Fsp3) is 0.304.